The number of carboxylic acid groups (broad SMARTS) is 1. The van der Waals surface area contributed by atoms with Gasteiger partial charge < -0.3 is 15.4 Å². The first-order chi connectivity index (χ1) is 12.5. The summed E-state index contributed by atoms with van der Waals surface area (Å²) < 4.78 is 6.96. The zero-order valence-electron chi connectivity index (χ0n) is 13.3. The van der Waals surface area contributed by atoms with E-state index >= 15 is 0 Å². The Morgan fingerprint density at radius 2 is 2.19 bits per heavy atom. The molecular formula is C15H11ClN6O3S. The molecule has 4 heterocycles. The maximum atomic E-state index is 11.7. The Labute approximate surface area is 155 Å². The summed E-state index contributed by atoms with van der Waals surface area (Å²) in [5, 5.41) is 17.0. The third-order valence-corrected chi connectivity index (χ3v) is 5.09. The predicted octanol–water partition coefficient (Wildman–Crippen LogP) is 3.16. The minimum atomic E-state index is -1.11. The molecule has 0 saturated heterocycles. The SMILES string of the molecule is CCn1c(-c2nonc2N)nc2c(-c3ccc(Cl)s3)ncc(C(=O)O)c21. The van der Waals surface area contributed by atoms with E-state index in [0.717, 1.165) is 4.88 Å². The van der Waals surface area contributed by atoms with Gasteiger partial charge in [0.05, 0.1) is 14.7 Å². The summed E-state index contributed by atoms with van der Waals surface area (Å²) in [6, 6.07) is 3.56. The molecule has 0 aliphatic heterocycles. The van der Waals surface area contributed by atoms with Crippen molar-refractivity contribution < 1.29 is 14.5 Å². The van der Waals surface area contributed by atoms with Crippen LogP contribution in [0.15, 0.2) is 23.0 Å². The molecule has 0 fully saturated rings. The molecule has 0 atom stereocenters. The van der Waals surface area contributed by atoms with Crippen LogP contribution in [0.3, 0.4) is 0 Å². The number of nitrogens with two attached hydrogens (primary N) is 1. The Bertz CT molecular complexity index is 1150. The first kappa shape index (κ1) is 16.5. The van der Waals surface area contributed by atoms with Crippen molar-refractivity contribution in [2.24, 2.45) is 0 Å². The van der Waals surface area contributed by atoms with Crippen LogP contribution in [0.5, 0.6) is 0 Å². The zero-order chi connectivity index (χ0) is 18.4. The number of nitrogen functional groups attached to an aromatic ring is 1. The summed E-state index contributed by atoms with van der Waals surface area (Å²) in [4.78, 5) is 21.4. The number of hydrogen-bond donors (Lipinski definition) is 2. The van der Waals surface area contributed by atoms with Crippen LogP contribution in [-0.2, 0) is 6.54 Å². The smallest absolute Gasteiger partial charge is 0.339 e. The standard InChI is InChI=1S/C15H11ClN6O3S/c1-2-22-12-6(15(23)24)5-18-9(7-3-4-8(16)26-7)10(12)19-14(22)11-13(17)21-25-20-11/h3-5H,2H2,1H3,(H2,17,21)(H,23,24). The van der Waals surface area contributed by atoms with Crippen LogP contribution in [0, 0.1) is 0 Å². The quantitative estimate of drug-likeness (QED) is 0.542. The van der Waals surface area contributed by atoms with E-state index < -0.39 is 5.97 Å². The molecule has 11 heteroatoms. The molecule has 0 saturated carbocycles. The van der Waals surface area contributed by atoms with Gasteiger partial charge in [-0.05, 0) is 29.4 Å². The number of anilines is 1. The van der Waals surface area contributed by atoms with Gasteiger partial charge in [-0.2, -0.15) is 0 Å². The average Bonchev–Trinajstić information content (AvgIpc) is 3.31. The number of imidazole rings is 1. The predicted molar refractivity (Wildman–Crippen MR) is 96.2 cm³/mol. The second kappa shape index (κ2) is 6.07. The minimum Gasteiger partial charge on any atom is -0.478 e. The lowest BCUT2D eigenvalue weighted by Crippen LogP contribution is -2.05. The summed E-state index contributed by atoms with van der Waals surface area (Å²) in [6.07, 6.45) is 1.32. The molecule has 0 radical (unpaired) electrons. The molecule has 4 aromatic rings. The molecule has 4 aromatic heterocycles. The highest BCUT2D eigenvalue weighted by Gasteiger charge is 2.25. The summed E-state index contributed by atoms with van der Waals surface area (Å²) in [6.45, 7) is 2.30. The number of fused-ring (bicyclic) bond motifs is 1. The van der Waals surface area contributed by atoms with Crippen molar-refractivity contribution in [3.63, 3.8) is 0 Å². The monoisotopic (exact) mass is 390 g/mol. The van der Waals surface area contributed by atoms with Gasteiger partial charge in [0.1, 0.15) is 16.8 Å². The Balaban J connectivity index is 2.11. The zero-order valence-corrected chi connectivity index (χ0v) is 14.9. The normalized spacial score (nSPS) is 11.3. The molecule has 0 aliphatic rings. The number of aromatic carboxylic acids is 1. The highest BCUT2D eigenvalue weighted by atomic mass is 35.5. The summed E-state index contributed by atoms with van der Waals surface area (Å²) in [5.41, 5.74) is 7.45. The fourth-order valence-corrected chi connectivity index (χ4v) is 3.80. The largest absolute Gasteiger partial charge is 0.478 e. The number of pyridine rings is 1. The fraction of sp³-hybridized carbons (Fsp3) is 0.133. The molecule has 3 N–H and O–H groups in total. The molecule has 0 unspecified atom stereocenters. The lowest BCUT2D eigenvalue weighted by atomic mass is 10.2. The number of halogens is 1. The minimum absolute atomic E-state index is 0.0297. The number of carbonyl (C=O) groups is 1. The van der Waals surface area contributed by atoms with Crippen molar-refractivity contribution in [2.75, 3.05) is 5.73 Å². The van der Waals surface area contributed by atoms with Crippen LogP contribution in [0.1, 0.15) is 17.3 Å². The number of carboxylic acids is 1. The number of thiophene rings is 1. The van der Waals surface area contributed by atoms with Gasteiger partial charge in [-0.15, -0.1) is 11.3 Å². The molecule has 0 aromatic carbocycles. The number of rotatable bonds is 4. The molecular weight excluding hydrogens is 380 g/mol. The molecule has 9 nitrogen and oxygen atoms in total. The molecule has 0 aliphatic carbocycles. The van der Waals surface area contributed by atoms with Crippen molar-refractivity contribution in [3.8, 4) is 22.1 Å². The van der Waals surface area contributed by atoms with Crippen LogP contribution in [0.2, 0.25) is 4.34 Å². The maximum Gasteiger partial charge on any atom is 0.339 e. The van der Waals surface area contributed by atoms with Crippen molar-refractivity contribution >= 4 is 45.8 Å². The van der Waals surface area contributed by atoms with E-state index in [4.69, 9.17) is 17.3 Å². The van der Waals surface area contributed by atoms with E-state index in [9.17, 15) is 9.90 Å². The van der Waals surface area contributed by atoms with Gasteiger partial charge in [-0.1, -0.05) is 11.6 Å². The van der Waals surface area contributed by atoms with Crippen molar-refractivity contribution in [1.29, 1.82) is 0 Å². The van der Waals surface area contributed by atoms with Crippen molar-refractivity contribution in [3.05, 3.63) is 28.2 Å². The van der Waals surface area contributed by atoms with E-state index in [-0.39, 0.29) is 17.1 Å². The van der Waals surface area contributed by atoms with E-state index in [1.54, 1.807) is 10.6 Å². The van der Waals surface area contributed by atoms with Crippen LogP contribution in [-0.4, -0.2) is 35.9 Å². The molecule has 0 amide bonds. The first-order valence-electron chi connectivity index (χ1n) is 7.47. The van der Waals surface area contributed by atoms with Crippen molar-refractivity contribution in [1.82, 2.24) is 24.8 Å². The van der Waals surface area contributed by atoms with Crippen LogP contribution >= 0.6 is 22.9 Å². The highest BCUT2D eigenvalue weighted by Crippen LogP contribution is 2.37. The summed E-state index contributed by atoms with van der Waals surface area (Å²) >= 11 is 7.36. The molecule has 4 rings (SSSR count). The van der Waals surface area contributed by atoms with Gasteiger partial charge in [-0.25, -0.2) is 14.4 Å². The third-order valence-electron chi connectivity index (χ3n) is 3.85. The van der Waals surface area contributed by atoms with Gasteiger partial charge in [0.2, 0.25) is 0 Å². The summed E-state index contributed by atoms with van der Waals surface area (Å²) in [5.74, 6) is -0.674. The van der Waals surface area contributed by atoms with Crippen LogP contribution < -0.4 is 5.73 Å². The Kier molecular flexibility index (Phi) is 3.85. The van der Waals surface area contributed by atoms with Crippen LogP contribution in [0.25, 0.3) is 33.1 Å². The third kappa shape index (κ3) is 2.42. The lowest BCUT2D eigenvalue weighted by Gasteiger charge is -2.07. The van der Waals surface area contributed by atoms with E-state index in [1.807, 2.05) is 13.0 Å². The topological polar surface area (TPSA) is 133 Å². The Morgan fingerprint density at radius 1 is 1.38 bits per heavy atom. The Morgan fingerprint density at radius 3 is 2.77 bits per heavy atom. The van der Waals surface area contributed by atoms with Crippen LogP contribution in [0.4, 0.5) is 5.82 Å². The highest BCUT2D eigenvalue weighted by molar-refractivity contribution is 7.19. The number of aromatic nitrogens is 5. The fourth-order valence-electron chi connectivity index (χ4n) is 2.76. The Hall–Kier alpha value is -2.98. The second-order valence-electron chi connectivity index (χ2n) is 5.30. The van der Waals surface area contributed by atoms with Crippen molar-refractivity contribution in [2.45, 2.75) is 13.5 Å². The van der Waals surface area contributed by atoms with Gasteiger partial charge in [0.15, 0.2) is 17.3 Å². The number of nitrogens with zero attached hydrogens (tertiary/aromatic N) is 5. The summed E-state index contributed by atoms with van der Waals surface area (Å²) in [7, 11) is 0. The van der Waals surface area contributed by atoms with Gasteiger partial charge in [-0.3, -0.25) is 4.98 Å². The maximum absolute atomic E-state index is 11.7. The average molecular weight is 391 g/mol. The van der Waals surface area contributed by atoms with E-state index in [0.29, 0.717) is 33.4 Å². The van der Waals surface area contributed by atoms with E-state index in [1.165, 1.54) is 17.5 Å². The molecule has 132 valence electrons. The first-order valence-corrected chi connectivity index (χ1v) is 8.67. The van der Waals surface area contributed by atoms with E-state index in [2.05, 4.69) is 24.9 Å². The number of hydrogen-bond acceptors (Lipinski definition) is 8. The lowest BCUT2D eigenvalue weighted by molar-refractivity contribution is 0.0698. The number of aryl methyl sites for hydroxylation is 1. The van der Waals surface area contributed by atoms with Gasteiger partial charge in [0.25, 0.3) is 0 Å². The second-order valence-corrected chi connectivity index (χ2v) is 7.02. The molecule has 0 bridgehead atoms. The van der Waals surface area contributed by atoms with Gasteiger partial charge in [0, 0.05) is 12.7 Å². The molecule has 0 spiro atoms. The van der Waals surface area contributed by atoms with Gasteiger partial charge >= 0.3 is 5.97 Å². The molecule has 26 heavy (non-hydrogen) atoms.